The summed E-state index contributed by atoms with van der Waals surface area (Å²) in [6.07, 6.45) is 5.63. The third kappa shape index (κ3) is 3.59. The second kappa shape index (κ2) is 6.23. The summed E-state index contributed by atoms with van der Waals surface area (Å²) >= 11 is 0. The third-order valence-electron chi connectivity index (χ3n) is 4.24. The Balaban J connectivity index is 2.05. The van der Waals surface area contributed by atoms with E-state index >= 15 is 0 Å². The summed E-state index contributed by atoms with van der Waals surface area (Å²) < 4.78 is 0. The highest BCUT2D eigenvalue weighted by molar-refractivity contribution is 5.96. The molecule has 0 bridgehead atoms. The highest BCUT2D eigenvalue weighted by Gasteiger charge is 2.21. The van der Waals surface area contributed by atoms with E-state index in [0.29, 0.717) is 6.04 Å². The number of hydrogen-bond acceptors (Lipinski definition) is 1. The first kappa shape index (κ1) is 14.1. The van der Waals surface area contributed by atoms with Crippen LogP contribution in [0.25, 0.3) is 0 Å². The molecule has 0 atom stereocenters. The van der Waals surface area contributed by atoms with Gasteiger partial charge < -0.3 is 5.32 Å². The second-order valence-corrected chi connectivity index (χ2v) is 5.94. The molecule has 1 N–H and O–H groups in total. The molecule has 1 fully saturated rings. The molecule has 1 aliphatic rings. The van der Waals surface area contributed by atoms with E-state index in [9.17, 15) is 4.79 Å². The molecule has 0 saturated heterocycles. The number of benzene rings is 1. The van der Waals surface area contributed by atoms with Crippen LogP contribution in [0.15, 0.2) is 18.2 Å². The Kier molecular flexibility index (Phi) is 4.62. The summed E-state index contributed by atoms with van der Waals surface area (Å²) in [6, 6.07) is 6.54. The van der Waals surface area contributed by atoms with Gasteiger partial charge in [0.2, 0.25) is 0 Å². The molecule has 2 rings (SSSR count). The zero-order valence-electron chi connectivity index (χ0n) is 12.3. The van der Waals surface area contributed by atoms with Gasteiger partial charge in [-0.2, -0.15) is 0 Å². The van der Waals surface area contributed by atoms with Gasteiger partial charge in [0.25, 0.3) is 5.91 Å². The molecule has 1 saturated carbocycles. The molecule has 0 unspecified atom stereocenters. The molecule has 0 radical (unpaired) electrons. The van der Waals surface area contributed by atoms with Crippen molar-refractivity contribution in [2.75, 3.05) is 0 Å². The van der Waals surface area contributed by atoms with Crippen LogP contribution in [0.4, 0.5) is 0 Å². The van der Waals surface area contributed by atoms with Gasteiger partial charge in [0.05, 0.1) is 0 Å². The molecule has 1 amide bonds. The lowest BCUT2D eigenvalue weighted by Gasteiger charge is -2.27. The van der Waals surface area contributed by atoms with Crippen molar-refractivity contribution in [2.45, 2.75) is 58.9 Å². The van der Waals surface area contributed by atoms with Crippen molar-refractivity contribution in [2.24, 2.45) is 5.92 Å². The van der Waals surface area contributed by atoms with Crippen LogP contribution in [0, 0.1) is 12.8 Å². The Hall–Kier alpha value is -1.31. The van der Waals surface area contributed by atoms with Gasteiger partial charge in [0.15, 0.2) is 0 Å². The van der Waals surface area contributed by atoms with E-state index in [0.717, 1.165) is 41.9 Å². The van der Waals surface area contributed by atoms with E-state index < -0.39 is 0 Å². The van der Waals surface area contributed by atoms with E-state index in [2.05, 4.69) is 31.3 Å². The third-order valence-corrected chi connectivity index (χ3v) is 4.24. The number of carbonyl (C=O) groups excluding carboxylic acids is 1. The van der Waals surface area contributed by atoms with Crippen LogP contribution in [0.5, 0.6) is 0 Å². The molecule has 1 aromatic rings. The largest absolute Gasteiger partial charge is 0.349 e. The summed E-state index contributed by atoms with van der Waals surface area (Å²) in [5.74, 6) is 0.929. The Morgan fingerprint density at radius 2 is 1.95 bits per heavy atom. The van der Waals surface area contributed by atoms with Crippen molar-refractivity contribution >= 4 is 5.91 Å². The van der Waals surface area contributed by atoms with E-state index in [-0.39, 0.29) is 5.91 Å². The average Bonchev–Trinajstić information content (AvgIpc) is 2.41. The molecule has 0 heterocycles. The minimum atomic E-state index is 0.111. The maximum Gasteiger partial charge on any atom is 0.251 e. The maximum absolute atomic E-state index is 12.4. The highest BCUT2D eigenvalue weighted by atomic mass is 16.1. The lowest BCUT2D eigenvalue weighted by Crippen LogP contribution is -2.37. The van der Waals surface area contributed by atoms with Gasteiger partial charge in [-0.3, -0.25) is 4.79 Å². The zero-order valence-corrected chi connectivity index (χ0v) is 12.3. The molecule has 19 heavy (non-hydrogen) atoms. The lowest BCUT2D eigenvalue weighted by molar-refractivity contribution is 0.0922. The lowest BCUT2D eigenvalue weighted by atomic mass is 9.87. The summed E-state index contributed by atoms with van der Waals surface area (Å²) in [5, 5.41) is 3.22. The first-order valence-corrected chi connectivity index (χ1v) is 7.50. The quantitative estimate of drug-likeness (QED) is 0.877. The molecule has 1 aromatic carbocycles. The summed E-state index contributed by atoms with van der Waals surface area (Å²) in [6.45, 7) is 6.44. The predicted octanol–water partition coefficient (Wildman–Crippen LogP) is 3.87. The van der Waals surface area contributed by atoms with E-state index in [4.69, 9.17) is 0 Å². The van der Waals surface area contributed by atoms with Gasteiger partial charge >= 0.3 is 0 Å². The standard InChI is InChI=1S/C17H25NO/c1-4-14-8-5-13(3)11-16(14)17(19)18-15-9-6-12(2)7-10-15/h5,8,11-12,15H,4,6-7,9-10H2,1-3H3,(H,18,19). The highest BCUT2D eigenvalue weighted by Crippen LogP contribution is 2.24. The number of rotatable bonds is 3. The van der Waals surface area contributed by atoms with E-state index in [1.165, 1.54) is 12.8 Å². The zero-order chi connectivity index (χ0) is 13.8. The fourth-order valence-corrected chi connectivity index (χ4v) is 2.88. The monoisotopic (exact) mass is 259 g/mol. The predicted molar refractivity (Wildman–Crippen MR) is 79.4 cm³/mol. The first-order valence-electron chi connectivity index (χ1n) is 7.50. The van der Waals surface area contributed by atoms with Crippen molar-refractivity contribution in [3.63, 3.8) is 0 Å². The van der Waals surface area contributed by atoms with Crippen molar-refractivity contribution in [1.82, 2.24) is 5.32 Å². The van der Waals surface area contributed by atoms with Crippen LogP contribution in [0.1, 0.15) is 61.0 Å². The van der Waals surface area contributed by atoms with Gasteiger partial charge in [-0.1, -0.05) is 31.5 Å². The fourth-order valence-electron chi connectivity index (χ4n) is 2.88. The Morgan fingerprint density at radius 3 is 2.58 bits per heavy atom. The number of aryl methyl sites for hydroxylation is 2. The topological polar surface area (TPSA) is 29.1 Å². The SMILES string of the molecule is CCc1ccc(C)cc1C(=O)NC1CCC(C)CC1. The molecule has 0 aliphatic heterocycles. The van der Waals surface area contributed by atoms with Gasteiger partial charge in [0, 0.05) is 11.6 Å². The summed E-state index contributed by atoms with van der Waals surface area (Å²) in [5.41, 5.74) is 3.16. The smallest absolute Gasteiger partial charge is 0.251 e. The Labute approximate surface area is 116 Å². The second-order valence-electron chi connectivity index (χ2n) is 5.94. The molecular weight excluding hydrogens is 234 g/mol. The van der Waals surface area contributed by atoms with Crippen molar-refractivity contribution in [3.05, 3.63) is 34.9 Å². The van der Waals surface area contributed by atoms with Gasteiger partial charge in [0.1, 0.15) is 0 Å². The van der Waals surface area contributed by atoms with Crippen LogP contribution < -0.4 is 5.32 Å². The van der Waals surface area contributed by atoms with Gasteiger partial charge in [-0.25, -0.2) is 0 Å². The minimum absolute atomic E-state index is 0.111. The molecule has 0 spiro atoms. The molecule has 104 valence electrons. The van der Waals surface area contributed by atoms with Crippen LogP contribution in [-0.4, -0.2) is 11.9 Å². The molecule has 2 heteroatoms. The normalized spacial score (nSPS) is 23.1. The first-order chi connectivity index (χ1) is 9.10. The Morgan fingerprint density at radius 1 is 1.26 bits per heavy atom. The molecular formula is C17H25NO. The van der Waals surface area contributed by atoms with Crippen LogP contribution in [0.3, 0.4) is 0 Å². The van der Waals surface area contributed by atoms with Crippen molar-refractivity contribution in [3.8, 4) is 0 Å². The summed E-state index contributed by atoms with van der Waals surface area (Å²) in [7, 11) is 0. The molecule has 2 nitrogen and oxygen atoms in total. The maximum atomic E-state index is 12.4. The number of hydrogen-bond donors (Lipinski definition) is 1. The van der Waals surface area contributed by atoms with E-state index in [1.807, 2.05) is 13.0 Å². The van der Waals surface area contributed by atoms with Gasteiger partial charge in [-0.15, -0.1) is 0 Å². The molecule has 1 aliphatic carbocycles. The fraction of sp³-hybridized carbons (Fsp3) is 0.588. The number of nitrogens with one attached hydrogen (secondary N) is 1. The van der Waals surface area contributed by atoms with Gasteiger partial charge in [-0.05, 0) is 56.6 Å². The van der Waals surface area contributed by atoms with E-state index in [1.54, 1.807) is 0 Å². The molecule has 0 aromatic heterocycles. The number of carbonyl (C=O) groups is 1. The Bertz CT molecular complexity index is 445. The van der Waals surface area contributed by atoms with Crippen LogP contribution >= 0.6 is 0 Å². The summed E-state index contributed by atoms with van der Waals surface area (Å²) in [4.78, 5) is 12.4. The van der Waals surface area contributed by atoms with Crippen LogP contribution in [0.2, 0.25) is 0 Å². The van der Waals surface area contributed by atoms with Crippen molar-refractivity contribution < 1.29 is 4.79 Å². The van der Waals surface area contributed by atoms with Crippen molar-refractivity contribution in [1.29, 1.82) is 0 Å². The minimum Gasteiger partial charge on any atom is -0.349 e. The van der Waals surface area contributed by atoms with Crippen LogP contribution in [-0.2, 0) is 6.42 Å². The number of amides is 1. The average molecular weight is 259 g/mol.